The molecule has 0 atom stereocenters. The molecule has 2 fully saturated rings. The zero-order valence-electron chi connectivity index (χ0n) is 11.8. The van der Waals surface area contributed by atoms with Crippen LogP contribution in [0.2, 0.25) is 0 Å². The number of nitrogens with zero attached hydrogens (tertiary/aromatic N) is 1. The fourth-order valence-corrected chi connectivity index (χ4v) is 2.62. The number of hydrogen-bond acceptors (Lipinski definition) is 3. The summed E-state index contributed by atoms with van der Waals surface area (Å²) in [6.07, 6.45) is 6.07. The number of amides is 2. The molecule has 5 heteroatoms. The van der Waals surface area contributed by atoms with E-state index in [2.05, 4.69) is 15.5 Å². The first-order chi connectivity index (χ1) is 9.19. The second-order valence-corrected chi connectivity index (χ2v) is 5.64. The Labute approximate surface area is 115 Å². The summed E-state index contributed by atoms with van der Waals surface area (Å²) < 4.78 is 0. The maximum Gasteiger partial charge on any atom is 0.239 e. The van der Waals surface area contributed by atoms with Gasteiger partial charge in [-0.25, -0.2) is 0 Å². The molecule has 0 spiro atoms. The fourth-order valence-electron chi connectivity index (χ4n) is 2.62. The quantitative estimate of drug-likeness (QED) is 0.742. The average Bonchev–Trinajstić information content (AvgIpc) is 3.22. The first-order valence-electron chi connectivity index (χ1n) is 7.49. The van der Waals surface area contributed by atoms with Gasteiger partial charge in [0.1, 0.15) is 0 Å². The normalized spacial score (nSPS) is 21.1. The van der Waals surface area contributed by atoms with Crippen LogP contribution in [0.5, 0.6) is 0 Å². The van der Waals surface area contributed by atoms with Crippen LogP contribution in [0.4, 0.5) is 0 Å². The molecule has 0 radical (unpaired) electrons. The first kappa shape index (κ1) is 14.3. The molecule has 0 bridgehead atoms. The standard InChI is InChI=1S/C14H25N3O2/c1-2-3-13(18)15-10-14(19)16-11-6-8-17(9-7-11)12-4-5-12/h11-12H,2-10H2,1H3,(H,15,18)(H,16,19). The third kappa shape index (κ3) is 4.82. The molecule has 0 aromatic carbocycles. The largest absolute Gasteiger partial charge is 0.352 e. The number of piperidine rings is 1. The Kier molecular flexibility index (Phi) is 5.19. The topological polar surface area (TPSA) is 61.4 Å². The molecule has 108 valence electrons. The number of likely N-dealkylation sites (tertiary alicyclic amines) is 1. The lowest BCUT2D eigenvalue weighted by Gasteiger charge is -2.32. The smallest absolute Gasteiger partial charge is 0.239 e. The SMILES string of the molecule is CCCC(=O)NCC(=O)NC1CCN(C2CC2)CC1. The summed E-state index contributed by atoms with van der Waals surface area (Å²) in [4.78, 5) is 25.5. The lowest BCUT2D eigenvalue weighted by molar-refractivity contribution is -0.126. The molecule has 1 heterocycles. The molecular formula is C14H25N3O2. The molecule has 0 aromatic heterocycles. The summed E-state index contributed by atoms with van der Waals surface area (Å²) in [5.41, 5.74) is 0. The van der Waals surface area contributed by atoms with Gasteiger partial charge in [0.15, 0.2) is 0 Å². The Morgan fingerprint density at radius 2 is 1.79 bits per heavy atom. The Bertz CT molecular complexity index is 321. The summed E-state index contributed by atoms with van der Waals surface area (Å²) in [6, 6.07) is 1.11. The fraction of sp³-hybridized carbons (Fsp3) is 0.857. The summed E-state index contributed by atoms with van der Waals surface area (Å²) in [7, 11) is 0. The van der Waals surface area contributed by atoms with Crippen molar-refractivity contribution in [2.24, 2.45) is 0 Å². The third-order valence-corrected chi connectivity index (χ3v) is 3.88. The predicted octanol–water partition coefficient (Wildman–Crippen LogP) is 0.646. The summed E-state index contributed by atoms with van der Waals surface area (Å²) in [5, 5.41) is 5.66. The number of carbonyl (C=O) groups excluding carboxylic acids is 2. The van der Waals surface area contributed by atoms with Gasteiger partial charge in [0, 0.05) is 31.6 Å². The highest BCUT2D eigenvalue weighted by atomic mass is 16.2. The lowest BCUT2D eigenvalue weighted by Crippen LogP contribution is -2.47. The predicted molar refractivity (Wildman–Crippen MR) is 73.7 cm³/mol. The van der Waals surface area contributed by atoms with Crippen molar-refractivity contribution in [1.82, 2.24) is 15.5 Å². The minimum atomic E-state index is -0.0608. The van der Waals surface area contributed by atoms with E-state index in [1.807, 2.05) is 6.92 Å². The minimum Gasteiger partial charge on any atom is -0.352 e. The van der Waals surface area contributed by atoms with Crippen molar-refractivity contribution in [3.05, 3.63) is 0 Å². The average molecular weight is 267 g/mol. The van der Waals surface area contributed by atoms with Crippen LogP contribution in [0.1, 0.15) is 45.4 Å². The zero-order valence-corrected chi connectivity index (χ0v) is 11.8. The van der Waals surface area contributed by atoms with Crippen LogP contribution >= 0.6 is 0 Å². The highest BCUT2D eigenvalue weighted by Crippen LogP contribution is 2.29. The molecule has 2 amide bonds. The van der Waals surface area contributed by atoms with E-state index in [0.29, 0.717) is 6.42 Å². The van der Waals surface area contributed by atoms with E-state index in [-0.39, 0.29) is 24.4 Å². The minimum absolute atomic E-state index is 0.0406. The van der Waals surface area contributed by atoms with Gasteiger partial charge in [0.2, 0.25) is 11.8 Å². The van der Waals surface area contributed by atoms with E-state index in [4.69, 9.17) is 0 Å². The second-order valence-electron chi connectivity index (χ2n) is 5.64. The summed E-state index contributed by atoms with van der Waals surface area (Å²) in [6.45, 7) is 4.25. The van der Waals surface area contributed by atoms with Crippen molar-refractivity contribution in [2.75, 3.05) is 19.6 Å². The molecule has 1 saturated carbocycles. The van der Waals surface area contributed by atoms with E-state index < -0.39 is 0 Å². The van der Waals surface area contributed by atoms with Gasteiger partial charge in [-0.2, -0.15) is 0 Å². The molecule has 2 N–H and O–H groups in total. The Morgan fingerprint density at radius 1 is 1.11 bits per heavy atom. The monoisotopic (exact) mass is 267 g/mol. The first-order valence-corrected chi connectivity index (χ1v) is 7.49. The van der Waals surface area contributed by atoms with Crippen molar-refractivity contribution in [3.8, 4) is 0 Å². The van der Waals surface area contributed by atoms with Crippen LogP contribution in [-0.4, -0.2) is 48.4 Å². The van der Waals surface area contributed by atoms with Crippen LogP contribution in [0.25, 0.3) is 0 Å². The van der Waals surface area contributed by atoms with Crippen LogP contribution in [-0.2, 0) is 9.59 Å². The molecule has 5 nitrogen and oxygen atoms in total. The molecule has 1 saturated heterocycles. The van der Waals surface area contributed by atoms with Crippen molar-refractivity contribution < 1.29 is 9.59 Å². The van der Waals surface area contributed by atoms with Crippen LogP contribution < -0.4 is 10.6 Å². The summed E-state index contributed by atoms with van der Waals surface area (Å²) in [5.74, 6) is -0.101. The van der Waals surface area contributed by atoms with E-state index in [1.165, 1.54) is 12.8 Å². The van der Waals surface area contributed by atoms with Crippen molar-refractivity contribution >= 4 is 11.8 Å². The Balaban J connectivity index is 1.59. The van der Waals surface area contributed by atoms with Gasteiger partial charge in [0.25, 0.3) is 0 Å². The molecule has 19 heavy (non-hydrogen) atoms. The van der Waals surface area contributed by atoms with Crippen molar-refractivity contribution in [2.45, 2.75) is 57.5 Å². The molecule has 0 unspecified atom stereocenters. The van der Waals surface area contributed by atoms with Gasteiger partial charge >= 0.3 is 0 Å². The molecule has 1 aliphatic carbocycles. The summed E-state index contributed by atoms with van der Waals surface area (Å²) >= 11 is 0. The van der Waals surface area contributed by atoms with E-state index in [9.17, 15) is 9.59 Å². The van der Waals surface area contributed by atoms with Gasteiger partial charge in [-0.15, -0.1) is 0 Å². The number of nitrogens with one attached hydrogen (secondary N) is 2. The van der Waals surface area contributed by atoms with Crippen LogP contribution in [0.3, 0.4) is 0 Å². The van der Waals surface area contributed by atoms with Crippen molar-refractivity contribution in [1.29, 1.82) is 0 Å². The molecule has 2 aliphatic rings. The Morgan fingerprint density at radius 3 is 2.37 bits per heavy atom. The van der Waals surface area contributed by atoms with Gasteiger partial charge in [0.05, 0.1) is 6.54 Å². The van der Waals surface area contributed by atoms with Gasteiger partial charge in [-0.05, 0) is 32.1 Å². The Hall–Kier alpha value is -1.10. The van der Waals surface area contributed by atoms with Gasteiger partial charge < -0.3 is 15.5 Å². The van der Waals surface area contributed by atoms with Crippen LogP contribution in [0, 0.1) is 0 Å². The van der Waals surface area contributed by atoms with Crippen LogP contribution in [0.15, 0.2) is 0 Å². The molecule has 1 aliphatic heterocycles. The maximum atomic E-state index is 11.7. The third-order valence-electron chi connectivity index (χ3n) is 3.88. The van der Waals surface area contributed by atoms with E-state index in [0.717, 1.165) is 38.4 Å². The highest BCUT2D eigenvalue weighted by Gasteiger charge is 2.31. The van der Waals surface area contributed by atoms with Gasteiger partial charge in [-0.1, -0.05) is 6.92 Å². The van der Waals surface area contributed by atoms with E-state index in [1.54, 1.807) is 0 Å². The van der Waals surface area contributed by atoms with Crippen molar-refractivity contribution in [3.63, 3.8) is 0 Å². The lowest BCUT2D eigenvalue weighted by atomic mass is 10.0. The molecule has 2 rings (SSSR count). The second kappa shape index (κ2) is 6.89. The number of hydrogen-bond donors (Lipinski definition) is 2. The van der Waals surface area contributed by atoms with E-state index >= 15 is 0 Å². The number of carbonyl (C=O) groups is 2. The molecular weight excluding hydrogens is 242 g/mol. The maximum absolute atomic E-state index is 11.7. The van der Waals surface area contributed by atoms with Gasteiger partial charge in [-0.3, -0.25) is 9.59 Å². The molecule has 0 aromatic rings. The highest BCUT2D eigenvalue weighted by molar-refractivity contribution is 5.84. The number of rotatable bonds is 6. The zero-order chi connectivity index (χ0) is 13.7.